The maximum absolute atomic E-state index is 11.5. The molecular weight excluding hydrogens is 472 g/mol. The summed E-state index contributed by atoms with van der Waals surface area (Å²) in [5.74, 6) is -0.273. The van der Waals surface area contributed by atoms with Crippen LogP contribution in [-0.2, 0) is 4.79 Å². The fraction of sp³-hybridized carbons (Fsp3) is 0.292. The van der Waals surface area contributed by atoms with Gasteiger partial charge in [-0.25, -0.2) is 9.59 Å². The van der Waals surface area contributed by atoms with Crippen LogP contribution in [-0.4, -0.2) is 83.9 Å². The van der Waals surface area contributed by atoms with Crippen LogP contribution in [0.4, 0.5) is 16.2 Å². The van der Waals surface area contributed by atoms with Crippen molar-refractivity contribution >= 4 is 63.5 Å². The number of amidine groups is 2. The summed E-state index contributed by atoms with van der Waals surface area (Å²) in [7, 11) is 7.17. The number of fused-ring (bicyclic) bond motifs is 3. The first-order valence-corrected chi connectivity index (χ1v) is 11.9. The summed E-state index contributed by atoms with van der Waals surface area (Å²) in [6, 6.07) is 17.4. The number of amides is 3. The highest BCUT2D eigenvalue weighted by Crippen LogP contribution is 2.47. The predicted molar refractivity (Wildman–Crippen MR) is 137 cm³/mol. The van der Waals surface area contributed by atoms with Gasteiger partial charge in [-0.2, -0.15) is 14.5 Å². The molecule has 3 aliphatic rings. The van der Waals surface area contributed by atoms with Crippen LogP contribution in [0.15, 0.2) is 68.3 Å². The number of nitrogens with zero attached hydrogens (tertiary/aromatic N) is 6. The normalized spacial score (nSPS) is 17.5. The molecule has 0 fully saturated rings. The number of rotatable bonds is 3. The average molecular weight is 498 g/mol. The smallest absolute Gasteiger partial charge is 0.338 e. The number of benzene rings is 2. The number of halogens is 1. The van der Waals surface area contributed by atoms with Crippen LogP contribution < -0.4 is 4.90 Å². The van der Waals surface area contributed by atoms with E-state index in [0.717, 1.165) is 11.4 Å². The lowest BCUT2D eigenvalue weighted by atomic mass is 10.2. The van der Waals surface area contributed by atoms with Gasteiger partial charge in [0.05, 0.1) is 25.5 Å². The Morgan fingerprint density at radius 1 is 1.03 bits per heavy atom. The van der Waals surface area contributed by atoms with Gasteiger partial charge in [0.2, 0.25) is 5.71 Å². The Kier molecular flexibility index (Phi) is 6.88. The Labute approximate surface area is 208 Å². The molecule has 10 heteroatoms. The third-order valence-electron chi connectivity index (χ3n) is 5.87. The molecule has 0 aromatic heterocycles. The molecule has 3 amide bonds. The standard InChI is InChI=1S/C17H20N2S.C7H6ClN4O2/c1-13(18(2)3)12-19-14-8-4-6-10-16(14)20-17-11-7-5-9-15(17)19;1-11-4-3(9-6(8)10-4)5(13)12(2)7(11)14/h4-11,13H,12H2,1-3H3;1-2H3/q;+1. The van der Waals surface area contributed by atoms with Crippen LogP contribution in [0, 0.1) is 0 Å². The summed E-state index contributed by atoms with van der Waals surface area (Å²) in [4.78, 5) is 38.8. The lowest BCUT2D eigenvalue weighted by Gasteiger charge is -2.36. The molecular formula is C24H26ClN6O2S+. The molecule has 0 spiro atoms. The van der Waals surface area contributed by atoms with Gasteiger partial charge >= 0.3 is 17.8 Å². The molecule has 0 radical (unpaired) electrons. The molecule has 0 N–H and O–H groups in total. The minimum atomic E-state index is -0.484. The molecule has 0 saturated carbocycles. The van der Waals surface area contributed by atoms with Crippen molar-refractivity contribution in [3.63, 3.8) is 0 Å². The number of carbonyl (C=O) groups excluding carboxylic acids is 2. The van der Waals surface area contributed by atoms with Crippen LogP contribution >= 0.6 is 23.4 Å². The first-order valence-electron chi connectivity index (χ1n) is 10.7. The number of para-hydroxylation sites is 2. The van der Waals surface area contributed by atoms with Gasteiger partial charge in [-0.3, -0.25) is 0 Å². The summed E-state index contributed by atoms with van der Waals surface area (Å²) < 4.78 is 1.23. The van der Waals surface area contributed by atoms with Gasteiger partial charge in [-0.05, 0) is 56.9 Å². The van der Waals surface area contributed by atoms with E-state index < -0.39 is 11.9 Å². The van der Waals surface area contributed by atoms with E-state index in [1.165, 1.54) is 39.8 Å². The van der Waals surface area contributed by atoms with Crippen molar-refractivity contribution in [3.8, 4) is 0 Å². The van der Waals surface area contributed by atoms with Gasteiger partial charge in [0.25, 0.3) is 5.29 Å². The highest BCUT2D eigenvalue weighted by atomic mass is 35.5. The van der Waals surface area contributed by atoms with Crippen molar-refractivity contribution in [3.05, 3.63) is 48.5 Å². The van der Waals surface area contributed by atoms with E-state index in [0.29, 0.717) is 6.04 Å². The number of anilines is 2. The number of urea groups is 1. The van der Waals surface area contributed by atoms with E-state index in [-0.39, 0.29) is 16.8 Å². The SMILES string of the molecule is CC(CN1c2ccccc2Sc2ccccc21)N(C)C.CN1C(=O)C2=NC(Cl)=NC2=[N+](C)C1=O. The number of hydrogen-bond acceptors (Lipinski definition) is 7. The Morgan fingerprint density at radius 3 is 2.15 bits per heavy atom. The van der Waals surface area contributed by atoms with Gasteiger partial charge in [0.15, 0.2) is 0 Å². The maximum Gasteiger partial charge on any atom is 0.446 e. The number of carbonyl (C=O) groups is 2. The monoisotopic (exact) mass is 497 g/mol. The summed E-state index contributed by atoms with van der Waals surface area (Å²) in [6.45, 7) is 3.27. The summed E-state index contributed by atoms with van der Waals surface area (Å²) in [5, 5.41) is -0.0294. The van der Waals surface area contributed by atoms with Gasteiger partial charge in [0.1, 0.15) is 0 Å². The van der Waals surface area contributed by atoms with Crippen molar-refractivity contribution in [1.82, 2.24) is 9.80 Å². The minimum absolute atomic E-state index is 0.0294. The maximum atomic E-state index is 11.5. The molecule has 2 aromatic rings. The van der Waals surface area contributed by atoms with E-state index in [1.807, 2.05) is 11.8 Å². The van der Waals surface area contributed by atoms with Crippen molar-refractivity contribution in [1.29, 1.82) is 0 Å². The van der Waals surface area contributed by atoms with E-state index in [4.69, 9.17) is 11.6 Å². The second-order valence-electron chi connectivity index (χ2n) is 8.33. The zero-order valence-corrected chi connectivity index (χ0v) is 21.3. The average Bonchev–Trinajstić information content (AvgIpc) is 3.23. The lowest BCUT2D eigenvalue weighted by molar-refractivity contribution is -0.401. The second-order valence-corrected chi connectivity index (χ2v) is 9.75. The second kappa shape index (κ2) is 9.69. The van der Waals surface area contributed by atoms with Crippen LogP contribution in [0.2, 0.25) is 0 Å². The molecule has 34 heavy (non-hydrogen) atoms. The first kappa shape index (κ1) is 24.1. The van der Waals surface area contributed by atoms with E-state index in [2.05, 4.69) is 89.3 Å². The molecule has 8 nitrogen and oxygen atoms in total. The largest absolute Gasteiger partial charge is 0.446 e. The fourth-order valence-corrected chi connectivity index (χ4v) is 4.91. The van der Waals surface area contributed by atoms with Crippen molar-refractivity contribution in [2.24, 2.45) is 9.98 Å². The van der Waals surface area contributed by atoms with Crippen LogP contribution in [0.3, 0.4) is 0 Å². The molecule has 0 bridgehead atoms. The van der Waals surface area contributed by atoms with Gasteiger partial charge in [-0.15, -0.1) is 0 Å². The number of likely N-dealkylation sites (N-methyl/N-ethyl adjacent to an activating group) is 1. The Hall–Kier alpha value is -3.01. The molecule has 1 unspecified atom stereocenters. The third-order valence-corrected chi connectivity index (χ3v) is 7.17. The molecule has 3 heterocycles. The van der Waals surface area contributed by atoms with E-state index in [9.17, 15) is 9.59 Å². The lowest BCUT2D eigenvalue weighted by Crippen LogP contribution is -2.51. The van der Waals surface area contributed by atoms with Gasteiger partial charge < -0.3 is 9.80 Å². The summed E-state index contributed by atoms with van der Waals surface area (Å²) in [5.41, 5.74) is 2.76. The molecule has 0 aliphatic carbocycles. The molecule has 176 valence electrons. The third kappa shape index (κ3) is 4.51. The van der Waals surface area contributed by atoms with E-state index >= 15 is 0 Å². The van der Waals surface area contributed by atoms with E-state index in [1.54, 1.807) is 0 Å². The predicted octanol–water partition coefficient (Wildman–Crippen LogP) is 3.91. The minimum Gasteiger partial charge on any atom is -0.338 e. The molecule has 2 aromatic carbocycles. The topological polar surface area (TPSA) is 71.6 Å². The van der Waals surface area contributed by atoms with Gasteiger partial charge in [-0.1, -0.05) is 41.0 Å². The Bertz CT molecular complexity index is 1210. The number of hydrogen-bond donors (Lipinski definition) is 0. The first-order chi connectivity index (χ1) is 16.2. The summed E-state index contributed by atoms with van der Waals surface area (Å²) >= 11 is 7.41. The zero-order chi connectivity index (χ0) is 24.6. The Balaban J connectivity index is 0.000000172. The molecule has 5 rings (SSSR count). The van der Waals surface area contributed by atoms with Crippen LogP contribution in [0.5, 0.6) is 0 Å². The van der Waals surface area contributed by atoms with Crippen LogP contribution in [0.25, 0.3) is 0 Å². The highest BCUT2D eigenvalue weighted by Gasteiger charge is 2.44. The Morgan fingerprint density at radius 2 is 1.59 bits per heavy atom. The van der Waals surface area contributed by atoms with Gasteiger partial charge in [0, 0.05) is 22.4 Å². The quantitative estimate of drug-likeness (QED) is 0.475. The molecule has 3 aliphatic heterocycles. The zero-order valence-electron chi connectivity index (χ0n) is 19.7. The molecule has 1 atom stereocenters. The van der Waals surface area contributed by atoms with Crippen molar-refractivity contribution in [2.45, 2.75) is 22.8 Å². The van der Waals surface area contributed by atoms with Crippen molar-refractivity contribution < 1.29 is 14.2 Å². The number of aliphatic imine (C=N–C) groups is 2. The van der Waals surface area contributed by atoms with Crippen LogP contribution in [0.1, 0.15) is 6.92 Å². The number of imide groups is 1. The highest BCUT2D eigenvalue weighted by molar-refractivity contribution is 7.99. The summed E-state index contributed by atoms with van der Waals surface area (Å²) in [6.07, 6.45) is 0. The fourth-order valence-electron chi connectivity index (χ4n) is 3.65. The van der Waals surface area contributed by atoms with Crippen molar-refractivity contribution in [2.75, 3.05) is 39.6 Å². The molecule has 0 saturated heterocycles.